The van der Waals surface area contributed by atoms with Crippen molar-refractivity contribution >= 4 is 17.6 Å². The monoisotopic (exact) mass is 594 g/mol. The summed E-state index contributed by atoms with van der Waals surface area (Å²) in [5.74, 6) is 0. The van der Waals surface area contributed by atoms with Gasteiger partial charge in [0.1, 0.15) is 0 Å². The lowest BCUT2D eigenvalue weighted by Crippen LogP contribution is -2.45. The van der Waals surface area contributed by atoms with Crippen molar-refractivity contribution in [3.05, 3.63) is 0 Å². The first-order valence-electron chi connectivity index (χ1n) is 16.6. The molecule has 0 amide bonds. The van der Waals surface area contributed by atoms with E-state index in [1.807, 2.05) is 20.8 Å². The second-order valence-electron chi connectivity index (χ2n) is 10.4. The first-order valence-corrected chi connectivity index (χ1v) is 20.4. The molecule has 8 heteroatoms. The molecule has 0 atom stereocenters. The normalized spacial score (nSPS) is 12.0. The number of hydrogen-bond donors (Lipinski definition) is 0. The molecule has 0 bridgehead atoms. The van der Waals surface area contributed by atoms with Crippen LogP contribution in [0.5, 0.6) is 0 Å². The fraction of sp³-hybridized carbons (Fsp3) is 1.00. The summed E-state index contributed by atoms with van der Waals surface area (Å²) >= 11 is 0. The molecule has 0 fully saturated rings. The molecule has 0 aromatic carbocycles. The zero-order valence-corrected chi connectivity index (χ0v) is 29.7. The topological polar surface area (TPSA) is 55.4 Å². The van der Waals surface area contributed by atoms with Gasteiger partial charge in [0.2, 0.25) is 0 Å². The Balaban J connectivity index is 0. The first kappa shape index (κ1) is 41.3. The summed E-state index contributed by atoms with van der Waals surface area (Å²) < 4.78 is 33.8. The minimum absolute atomic E-state index is 0.684. The van der Waals surface area contributed by atoms with E-state index in [1.54, 1.807) is 21.3 Å². The van der Waals surface area contributed by atoms with Crippen LogP contribution < -0.4 is 0 Å². The molecular weight excluding hydrogens is 525 g/mol. The fourth-order valence-corrected chi connectivity index (χ4v) is 9.34. The highest BCUT2D eigenvalue weighted by atomic mass is 28.4. The van der Waals surface area contributed by atoms with Gasteiger partial charge >= 0.3 is 17.6 Å². The van der Waals surface area contributed by atoms with Crippen LogP contribution in [-0.4, -0.2) is 58.8 Å². The van der Waals surface area contributed by atoms with Crippen LogP contribution in [-0.2, 0) is 26.6 Å². The Bertz CT molecular complexity index is 441. The van der Waals surface area contributed by atoms with Crippen molar-refractivity contribution < 1.29 is 26.6 Å². The second-order valence-corrected chi connectivity index (χ2v) is 16.3. The average molecular weight is 595 g/mol. The molecule has 0 saturated heterocycles. The molecule has 0 aromatic heterocycles. The van der Waals surface area contributed by atoms with Crippen molar-refractivity contribution in [1.29, 1.82) is 0 Å². The minimum Gasteiger partial charge on any atom is -0.377 e. The molecule has 0 radical (unpaired) electrons. The summed E-state index contributed by atoms with van der Waals surface area (Å²) in [4.78, 5) is 0. The Morgan fingerprint density at radius 2 is 0.590 bits per heavy atom. The molecular formula is C31H70O6Si2. The lowest BCUT2D eigenvalue weighted by atomic mass is 10.1. The van der Waals surface area contributed by atoms with E-state index in [1.165, 1.54) is 109 Å². The maximum Gasteiger partial charge on any atom is 0.500 e. The van der Waals surface area contributed by atoms with E-state index < -0.39 is 17.6 Å². The smallest absolute Gasteiger partial charge is 0.377 e. The minimum atomic E-state index is -2.38. The van der Waals surface area contributed by atoms with E-state index >= 15 is 0 Å². The van der Waals surface area contributed by atoms with Gasteiger partial charge in [-0.05, 0) is 33.6 Å². The molecule has 0 heterocycles. The second kappa shape index (κ2) is 31.1. The summed E-state index contributed by atoms with van der Waals surface area (Å²) in [6.07, 6.45) is 24.1. The number of hydrogen-bond acceptors (Lipinski definition) is 6. The predicted molar refractivity (Wildman–Crippen MR) is 171 cm³/mol. The van der Waals surface area contributed by atoms with E-state index in [4.69, 9.17) is 26.6 Å². The summed E-state index contributed by atoms with van der Waals surface area (Å²) in [7, 11) is 0.386. The maximum atomic E-state index is 5.86. The van der Waals surface area contributed by atoms with Crippen LogP contribution in [0.15, 0.2) is 0 Å². The molecule has 0 unspecified atom stereocenters. The zero-order chi connectivity index (χ0) is 29.5. The Morgan fingerprint density at radius 3 is 0.846 bits per heavy atom. The van der Waals surface area contributed by atoms with Gasteiger partial charge < -0.3 is 26.6 Å². The summed E-state index contributed by atoms with van der Waals surface area (Å²) in [5.41, 5.74) is 0. The zero-order valence-electron chi connectivity index (χ0n) is 27.7. The van der Waals surface area contributed by atoms with Crippen LogP contribution in [0.2, 0.25) is 12.1 Å². The van der Waals surface area contributed by atoms with E-state index in [9.17, 15) is 0 Å². The van der Waals surface area contributed by atoms with Crippen LogP contribution >= 0.6 is 0 Å². The van der Waals surface area contributed by atoms with E-state index in [0.717, 1.165) is 18.5 Å². The molecule has 0 aliphatic heterocycles. The molecule has 6 nitrogen and oxygen atoms in total. The van der Waals surface area contributed by atoms with E-state index in [0.29, 0.717) is 19.8 Å². The van der Waals surface area contributed by atoms with Crippen molar-refractivity contribution in [2.45, 2.75) is 162 Å². The molecule has 0 spiro atoms. The molecule has 238 valence electrons. The summed E-state index contributed by atoms with van der Waals surface area (Å²) in [6, 6.07) is 1.91. The standard InChI is InChI=1S/C16H36O3Si.C15H34O3Si/c1-5-9-10-11-12-13-14-15-16-20(17-6-2,18-7-3)19-8-4;1-5-6-7-8-9-10-11-12-13-14-15-19(16-2,17-3)18-4/h5-16H2,1-4H3;5-15H2,1-4H3. The molecule has 0 aliphatic carbocycles. The third-order valence-electron chi connectivity index (χ3n) is 7.20. The predicted octanol–water partition coefficient (Wildman–Crippen LogP) is 9.96. The molecule has 0 N–H and O–H groups in total. The lowest BCUT2D eigenvalue weighted by molar-refractivity contribution is 0.0706. The van der Waals surface area contributed by atoms with Gasteiger partial charge in [-0.25, -0.2) is 0 Å². The quantitative estimate of drug-likeness (QED) is 0.0634. The van der Waals surface area contributed by atoms with E-state index in [-0.39, 0.29) is 0 Å². The Labute approximate surface area is 247 Å². The summed E-state index contributed by atoms with van der Waals surface area (Å²) in [6.45, 7) is 12.6. The number of unbranched alkanes of at least 4 members (excludes halogenated alkanes) is 16. The molecule has 0 aliphatic rings. The van der Waals surface area contributed by atoms with Gasteiger partial charge in [-0.3, -0.25) is 0 Å². The van der Waals surface area contributed by atoms with Crippen molar-refractivity contribution in [3.63, 3.8) is 0 Å². The van der Waals surface area contributed by atoms with Crippen molar-refractivity contribution in [2.24, 2.45) is 0 Å². The third-order valence-corrected chi connectivity index (χ3v) is 13.2. The highest BCUT2D eigenvalue weighted by Crippen LogP contribution is 2.21. The fourth-order valence-electron chi connectivity index (χ4n) is 4.86. The third kappa shape index (κ3) is 24.5. The van der Waals surface area contributed by atoms with Crippen LogP contribution in [0.25, 0.3) is 0 Å². The Morgan fingerprint density at radius 1 is 0.333 bits per heavy atom. The van der Waals surface area contributed by atoms with Crippen molar-refractivity contribution in [3.8, 4) is 0 Å². The van der Waals surface area contributed by atoms with Crippen molar-refractivity contribution in [1.82, 2.24) is 0 Å². The largest absolute Gasteiger partial charge is 0.500 e. The van der Waals surface area contributed by atoms with Crippen LogP contribution in [0.3, 0.4) is 0 Å². The lowest BCUT2D eigenvalue weighted by Gasteiger charge is -2.28. The van der Waals surface area contributed by atoms with Crippen LogP contribution in [0.4, 0.5) is 0 Å². The highest BCUT2D eigenvalue weighted by Gasteiger charge is 2.39. The molecule has 39 heavy (non-hydrogen) atoms. The van der Waals surface area contributed by atoms with Gasteiger partial charge in [0.25, 0.3) is 0 Å². The first-order chi connectivity index (χ1) is 19.0. The highest BCUT2D eigenvalue weighted by molar-refractivity contribution is 6.61. The average Bonchev–Trinajstić information content (AvgIpc) is 2.94. The van der Waals surface area contributed by atoms with Crippen LogP contribution in [0, 0.1) is 0 Å². The van der Waals surface area contributed by atoms with E-state index in [2.05, 4.69) is 13.8 Å². The Hall–Kier alpha value is 0.194. The van der Waals surface area contributed by atoms with Gasteiger partial charge in [-0.2, -0.15) is 0 Å². The van der Waals surface area contributed by atoms with Crippen LogP contribution in [0.1, 0.15) is 150 Å². The van der Waals surface area contributed by atoms with Gasteiger partial charge in [0.05, 0.1) is 0 Å². The van der Waals surface area contributed by atoms with Gasteiger partial charge in [0.15, 0.2) is 0 Å². The number of rotatable bonds is 29. The van der Waals surface area contributed by atoms with Gasteiger partial charge in [-0.1, -0.05) is 117 Å². The molecule has 0 saturated carbocycles. The SMILES string of the molecule is CCCCCCCCCCCC[Si](OC)(OC)OC.CCCCCCCCCC[Si](OCC)(OCC)OCC. The molecule has 0 rings (SSSR count). The van der Waals surface area contributed by atoms with Gasteiger partial charge in [-0.15, -0.1) is 0 Å². The Kier molecular flexibility index (Phi) is 33.0. The van der Waals surface area contributed by atoms with Gasteiger partial charge in [0, 0.05) is 53.2 Å². The summed E-state index contributed by atoms with van der Waals surface area (Å²) in [5, 5.41) is 0. The molecule has 0 aromatic rings. The maximum absolute atomic E-state index is 5.86. The van der Waals surface area contributed by atoms with Crippen molar-refractivity contribution in [2.75, 3.05) is 41.2 Å².